The number of phenols is 1. The number of carbonyl (C=O) groups is 1. The quantitative estimate of drug-likeness (QED) is 0.696. The molecule has 0 aliphatic heterocycles. The lowest BCUT2D eigenvalue weighted by molar-refractivity contribution is 0.0962. The second-order valence-corrected chi connectivity index (χ2v) is 7.57. The number of carbonyl (C=O) groups excluding carboxylic acids is 1. The van der Waals surface area contributed by atoms with Gasteiger partial charge in [-0.05, 0) is 67.9 Å². The van der Waals surface area contributed by atoms with Crippen molar-refractivity contribution in [1.29, 1.82) is 0 Å². The van der Waals surface area contributed by atoms with Crippen molar-refractivity contribution in [1.82, 2.24) is 5.32 Å². The minimum atomic E-state index is -0.492. The monoisotopic (exact) mass is 357 g/mol. The molecule has 0 atom stereocenters. The minimum absolute atomic E-state index is 0.0902. The predicted octanol–water partition coefficient (Wildman–Crippen LogP) is 5.54. The standard InChI is InChI=1S/C22H28FNO2/c1-14-7-6-12-22(3,4)18(14)11-8-15(2)20(23)17-10-9-16(13-19(17)25)21(26)24-5/h8-11,13,25H,6-7,12H2,1-5H3,(H,24,26). The van der Waals surface area contributed by atoms with E-state index in [2.05, 4.69) is 26.1 Å². The molecule has 0 bridgehead atoms. The summed E-state index contributed by atoms with van der Waals surface area (Å²) in [5.74, 6) is -1.06. The third kappa shape index (κ3) is 4.24. The normalized spacial score (nSPS) is 18.1. The van der Waals surface area contributed by atoms with Crippen molar-refractivity contribution in [2.45, 2.75) is 47.0 Å². The third-order valence-corrected chi connectivity index (χ3v) is 5.11. The van der Waals surface area contributed by atoms with Crippen molar-refractivity contribution in [3.05, 3.63) is 58.2 Å². The molecule has 0 unspecified atom stereocenters. The zero-order chi connectivity index (χ0) is 19.5. The number of amides is 1. The first kappa shape index (κ1) is 20.0. The Labute approximate surface area is 155 Å². The summed E-state index contributed by atoms with van der Waals surface area (Å²) >= 11 is 0. The van der Waals surface area contributed by atoms with E-state index < -0.39 is 5.83 Å². The highest BCUT2D eigenvalue weighted by atomic mass is 19.1. The molecule has 0 saturated carbocycles. The van der Waals surface area contributed by atoms with Gasteiger partial charge in [-0.3, -0.25) is 4.79 Å². The molecule has 26 heavy (non-hydrogen) atoms. The van der Waals surface area contributed by atoms with E-state index in [1.165, 1.54) is 42.8 Å². The average molecular weight is 357 g/mol. The fraction of sp³-hybridized carbons (Fsp3) is 0.409. The van der Waals surface area contributed by atoms with Crippen molar-refractivity contribution in [2.75, 3.05) is 7.05 Å². The molecule has 1 aliphatic rings. The van der Waals surface area contributed by atoms with Gasteiger partial charge in [-0.25, -0.2) is 4.39 Å². The van der Waals surface area contributed by atoms with Gasteiger partial charge in [0, 0.05) is 12.6 Å². The van der Waals surface area contributed by atoms with Crippen LogP contribution < -0.4 is 5.32 Å². The molecule has 0 heterocycles. The summed E-state index contributed by atoms with van der Waals surface area (Å²) < 4.78 is 14.8. The molecule has 0 saturated heterocycles. The number of hydrogen-bond acceptors (Lipinski definition) is 2. The highest BCUT2D eigenvalue weighted by molar-refractivity contribution is 5.95. The van der Waals surface area contributed by atoms with Crippen molar-refractivity contribution in [3.8, 4) is 5.75 Å². The Bertz CT molecular complexity index is 800. The summed E-state index contributed by atoms with van der Waals surface area (Å²) in [6.45, 7) is 8.26. The van der Waals surface area contributed by atoms with Gasteiger partial charge in [-0.1, -0.05) is 31.6 Å². The van der Waals surface area contributed by atoms with Crippen molar-refractivity contribution >= 4 is 11.7 Å². The average Bonchev–Trinajstić information content (AvgIpc) is 2.59. The van der Waals surface area contributed by atoms with Gasteiger partial charge in [0.2, 0.25) is 0 Å². The van der Waals surface area contributed by atoms with E-state index in [0.29, 0.717) is 11.1 Å². The number of hydrogen-bond donors (Lipinski definition) is 2. The number of nitrogens with one attached hydrogen (secondary N) is 1. The van der Waals surface area contributed by atoms with E-state index in [9.17, 15) is 14.3 Å². The van der Waals surface area contributed by atoms with Gasteiger partial charge < -0.3 is 10.4 Å². The highest BCUT2D eigenvalue weighted by Crippen LogP contribution is 2.41. The zero-order valence-electron chi connectivity index (χ0n) is 16.2. The number of phenolic OH excluding ortho intramolecular Hbond substituents is 1. The largest absolute Gasteiger partial charge is 0.507 e. The molecular weight excluding hydrogens is 329 g/mol. The Balaban J connectivity index is 2.34. The molecule has 2 N–H and O–H groups in total. The molecule has 0 aromatic heterocycles. The lowest BCUT2D eigenvalue weighted by Gasteiger charge is -2.33. The second-order valence-electron chi connectivity index (χ2n) is 7.57. The minimum Gasteiger partial charge on any atom is -0.507 e. The molecule has 1 aromatic carbocycles. The third-order valence-electron chi connectivity index (χ3n) is 5.11. The Morgan fingerprint density at radius 1 is 1.35 bits per heavy atom. The topological polar surface area (TPSA) is 49.3 Å². The number of benzene rings is 1. The van der Waals surface area contributed by atoms with Gasteiger partial charge in [0.25, 0.3) is 5.91 Å². The van der Waals surface area contributed by atoms with Crippen LogP contribution >= 0.6 is 0 Å². The van der Waals surface area contributed by atoms with Gasteiger partial charge in [0.15, 0.2) is 0 Å². The van der Waals surface area contributed by atoms with Crippen LogP contribution in [0.5, 0.6) is 5.75 Å². The molecule has 3 nitrogen and oxygen atoms in total. The number of aromatic hydroxyl groups is 1. The van der Waals surface area contributed by atoms with E-state index in [0.717, 1.165) is 12.8 Å². The fourth-order valence-corrected chi connectivity index (χ4v) is 3.51. The summed E-state index contributed by atoms with van der Waals surface area (Å²) in [7, 11) is 1.51. The van der Waals surface area contributed by atoms with Crippen LogP contribution in [0, 0.1) is 5.41 Å². The number of allylic oxidation sites excluding steroid dienone is 5. The smallest absolute Gasteiger partial charge is 0.251 e. The van der Waals surface area contributed by atoms with Gasteiger partial charge in [0.05, 0.1) is 5.56 Å². The first-order valence-electron chi connectivity index (χ1n) is 8.97. The van der Waals surface area contributed by atoms with E-state index >= 15 is 0 Å². The summed E-state index contributed by atoms with van der Waals surface area (Å²) in [6, 6.07) is 4.21. The van der Waals surface area contributed by atoms with Crippen LogP contribution in [0.3, 0.4) is 0 Å². The van der Waals surface area contributed by atoms with Crippen LogP contribution in [0.2, 0.25) is 0 Å². The number of halogens is 1. The van der Waals surface area contributed by atoms with Gasteiger partial charge in [0.1, 0.15) is 11.6 Å². The zero-order valence-corrected chi connectivity index (χ0v) is 16.2. The van der Waals surface area contributed by atoms with Crippen LogP contribution in [0.25, 0.3) is 5.83 Å². The molecule has 4 heteroatoms. The van der Waals surface area contributed by atoms with Crippen LogP contribution in [0.15, 0.2) is 47.1 Å². The predicted molar refractivity (Wildman–Crippen MR) is 105 cm³/mol. The fourth-order valence-electron chi connectivity index (χ4n) is 3.51. The molecule has 2 rings (SSSR count). The van der Waals surface area contributed by atoms with Crippen molar-refractivity contribution < 1.29 is 14.3 Å². The molecular formula is C22H28FNO2. The van der Waals surface area contributed by atoms with Crippen molar-refractivity contribution in [2.24, 2.45) is 5.41 Å². The van der Waals surface area contributed by atoms with E-state index in [4.69, 9.17) is 0 Å². The maximum Gasteiger partial charge on any atom is 0.251 e. The summed E-state index contributed by atoms with van der Waals surface area (Å²) in [4.78, 5) is 11.6. The number of rotatable bonds is 4. The van der Waals surface area contributed by atoms with E-state index in [1.807, 2.05) is 6.08 Å². The summed E-state index contributed by atoms with van der Waals surface area (Å²) in [5, 5.41) is 12.6. The van der Waals surface area contributed by atoms with E-state index in [-0.39, 0.29) is 22.6 Å². The van der Waals surface area contributed by atoms with Crippen molar-refractivity contribution in [3.63, 3.8) is 0 Å². The van der Waals surface area contributed by atoms with E-state index in [1.54, 1.807) is 13.0 Å². The van der Waals surface area contributed by atoms with Crippen LogP contribution in [-0.4, -0.2) is 18.1 Å². The highest BCUT2D eigenvalue weighted by Gasteiger charge is 2.26. The van der Waals surface area contributed by atoms with Gasteiger partial charge in [-0.15, -0.1) is 0 Å². The second kappa shape index (κ2) is 7.90. The molecule has 140 valence electrons. The molecule has 0 spiro atoms. The molecule has 1 aliphatic carbocycles. The molecule has 0 fully saturated rings. The van der Waals surface area contributed by atoms with Crippen LogP contribution in [0.4, 0.5) is 4.39 Å². The first-order valence-corrected chi connectivity index (χ1v) is 8.97. The SMILES string of the molecule is CNC(=O)c1ccc(C(F)=C(C)C=CC2=C(C)CCCC2(C)C)c(O)c1. The lowest BCUT2D eigenvalue weighted by Crippen LogP contribution is -2.19. The lowest BCUT2D eigenvalue weighted by atomic mass is 9.72. The van der Waals surface area contributed by atoms with Crippen LogP contribution in [0.1, 0.15) is 62.9 Å². The van der Waals surface area contributed by atoms with Gasteiger partial charge in [-0.2, -0.15) is 0 Å². The Kier molecular flexibility index (Phi) is 6.06. The Hall–Kier alpha value is -2.36. The van der Waals surface area contributed by atoms with Gasteiger partial charge >= 0.3 is 0 Å². The van der Waals surface area contributed by atoms with Crippen LogP contribution in [-0.2, 0) is 0 Å². The molecule has 1 aromatic rings. The Morgan fingerprint density at radius 3 is 2.62 bits per heavy atom. The molecule has 1 amide bonds. The Morgan fingerprint density at radius 2 is 2.04 bits per heavy atom. The maximum absolute atomic E-state index is 14.8. The first-order chi connectivity index (χ1) is 12.2. The molecule has 0 radical (unpaired) electrons. The summed E-state index contributed by atoms with van der Waals surface area (Å²) in [6.07, 6.45) is 7.16. The summed E-state index contributed by atoms with van der Waals surface area (Å²) in [5.41, 5.74) is 3.52. The maximum atomic E-state index is 14.8.